The maximum absolute atomic E-state index is 14.9. The number of nitrogens with zero attached hydrogens (tertiary/aromatic N) is 4. The van der Waals surface area contributed by atoms with Crippen molar-refractivity contribution in [3.63, 3.8) is 0 Å². The van der Waals surface area contributed by atoms with Crippen molar-refractivity contribution in [2.45, 2.75) is 63.9 Å². The van der Waals surface area contributed by atoms with Crippen molar-refractivity contribution in [3.05, 3.63) is 65.7 Å². The molecule has 1 fully saturated rings. The van der Waals surface area contributed by atoms with Crippen LogP contribution in [0, 0.1) is 12.7 Å². The van der Waals surface area contributed by atoms with Gasteiger partial charge < -0.3 is 10.1 Å². The first kappa shape index (κ1) is 27.8. The van der Waals surface area contributed by atoms with Gasteiger partial charge in [-0.25, -0.2) is 27.2 Å². The van der Waals surface area contributed by atoms with E-state index >= 15 is 0 Å². The molecule has 0 aliphatic heterocycles. The van der Waals surface area contributed by atoms with E-state index in [0.29, 0.717) is 53.0 Å². The first-order chi connectivity index (χ1) is 19.2. The number of aromatic nitrogens is 4. The van der Waals surface area contributed by atoms with Crippen molar-refractivity contribution < 1.29 is 21.9 Å². The average Bonchev–Trinajstić information content (AvgIpc) is 2.92. The molecule has 1 aliphatic carbocycles. The summed E-state index contributed by atoms with van der Waals surface area (Å²) in [7, 11) is -3.49. The second kappa shape index (κ2) is 11.8. The van der Waals surface area contributed by atoms with Gasteiger partial charge in [0, 0.05) is 23.2 Å². The molecule has 0 bridgehead atoms. The first-order valence-electron chi connectivity index (χ1n) is 13.4. The van der Waals surface area contributed by atoms with E-state index in [1.54, 1.807) is 43.5 Å². The molecule has 1 saturated carbocycles. The van der Waals surface area contributed by atoms with Gasteiger partial charge in [0.15, 0.2) is 9.84 Å². The molecule has 1 aliphatic rings. The van der Waals surface area contributed by atoms with Crippen LogP contribution in [0.2, 0.25) is 0 Å². The molecule has 1 N–H and O–H groups in total. The number of alkyl halides is 1. The van der Waals surface area contributed by atoms with E-state index in [4.69, 9.17) is 4.74 Å². The summed E-state index contributed by atoms with van der Waals surface area (Å²) in [5.41, 5.74) is 1.95. The highest BCUT2D eigenvalue weighted by Crippen LogP contribution is 2.38. The van der Waals surface area contributed by atoms with Crippen molar-refractivity contribution in [3.8, 4) is 22.9 Å². The van der Waals surface area contributed by atoms with Gasteiger partial charge in [-0.1, -0.05) is 19.1 Å². The number of hydrogen-bond donors (Lipinski definition) is 1. The summed E-state index contributed by atoms with van der Waals surface area (Å²) in [4.78, 5) is 8.93. The summed E-state index contributed by atoms with van der Waals surface area (Å²) in [6.07, 6.45) is 5.42. The zero-order valence-corrected chi connectivity index (χ0v) is 23.2. The van der Waals surface area contributed by atoms with E-state index in [2.05, 4.69) is 25.5 Å². The van der Waals surface area contributed by atoms with Crippen molar-refractivity contribution >= 4 is 26.6 Å². The molecular formula is C29H31F2N5O3S. The Labute approximate surface area is 232 Å². The van der Waals surface area contributed by atoms with Crippen LogP contribution in [0.4, 0.5) is 14.7 Å². The van der Waals surface area contributed by atoms with Gasteiger partial charge in [-0.05, 0) is 74.2 Å². The number of sulfone groups is 1. The Balaban J connectivity index is 1.50. The maximum Gasteiger partial charge on any atom is 0.248 e. The highest BCUT2D eigenvalue weighted by Gasteiger charge is 2.23. The summed E-state index contributed by atoms with van der Waals surface area (Å²) >= 11 is 0. The van der Waals surface area contributed by atoms with Gasteiger partial charge in [-0.3, -0.25) is 0 Å². The summed E-state index contributed by atoms with van der Waals surface area (Å²) < 4.78 is 60.2. The zero-order valence-electron chi connectivity index (χ0n) is 22.4. The Morgan fingerprint density at radius 2 is 1.90 bits per heavy atom. The topological polar surface area (TPSA) is 107 Å². The summed E-state index contributed by atoms with van der Waals surface area (Å²) in [5, 5.41) is 12.4. The van der Waals surface area contributed by atoms with Gasteiger partial charge in [0.1, 0.15) is 17.7 Å². The van der Waals surface area contributed by atoms with Gasteiger partial charge >= 0.3 is 0 Å². The molecular weight excluding hydrogens is 536 g/mol. The van der Waals surface area contributed by atoms with Gasteiger partial charge in [0.2, 0.25) is 11.8 Å². The van der Waals surface area contributed by atoms with Gasteiger partial charge in [0.05, 0.1) is 29.0 Å². The van der Waals surface area contributed by atoms with Crippen LogP contribution < -0.4 is 10.1 Å². The minimum absolute atomic E-state index is 0.0219. The minimum atomic E-state index is -3.49. The number of nitrogens with one attached hydrogen (secondary N) is 1. The van der Waals surface area contributed by atoms with Crippen LogP contribution in [0.25, 0.3) is 22.0 Å². The van der Waals surface area contributed by atoms with Crippen molar-refractivity contribution in [2.24, 2.45) is 0 Å². The molecule has 0 spiro atoms. The predicted octanol–water partition coefficient (Wildman–Crippen LogP) is 6.34. The van der Waals surface area contributed by atoms with Crippen molar-refractivity contribution in [2.75, 3.05) is 11.1 Å². The molecule has 40 heavy (non-hydrogen) atoms. The van der Waals surface area contributed by atoms with Crippen molar-refractivity contribution in [1.29, 1.82) is 0 Å². The van der Waals surface area contributed by atoms with Crippen LogP contribution in [-0.4, -0.2) is 46.5 Å². The Morgan fingerprint density at radius 3 is 2.70 bits per heavy atom. The highest BCUT2D eigenvalue weighted by molar-refractivity contribution is 7.90. The number of benzene rings is 2. The summed E-state index contributed by atoms with van der Waals surface area (Å²) in [6, 6.07) is 9.71. The third kappa shape index (κ3) is 6.19. The van der Waals surface area contributed by atoms with Crippen LogP contribution in [0.3, 0.4) is 0 Å². The number of anilines is 1. The van der Waals surface area contributed by atoms with Crippen molar-refractivity contribution in [1.82, 2.24) is 20.2 Å². The lowest BCUT2D eigenvalue weighted by molar-refractivity contribution is 0.239. The van der Waals surface area contributed by atoms with Crippen LogP contribution in [0.1, 0.15) is 50.2 Å². The lowest BCUT2D eigenvalue weighted by Crippen LogP contribution is -2.28. The fourth-order valence-corrected chi connectivity index (χ4v) is 6.62. The SMILES string of the molecule is CCCS(=O)(=O)Cc1c(F)ccc2c(Oc3nnccc3-c3ccnc(N[C@@H]4CCC[C@@H](F)C4)n3)c(C)ccc12. The van der Waals surface area contributed by atoms with E-state index in [0.717, 1.165) is 18.4 Å². The molecule has 5 rings (SSSR count). The number of aryl methyl sites for hydroxylation is 1. The second-order valence-electron chi connectivity index (χ2n) is 10.1. The fraction of sp³-hybridized carbons (Fsp3) is 0.379. The predicted molar refractivity (Wildman–Crippen MR) is 150 cm³/mol. The van der Waals surface area contributed by atoms with Crippen LogP contribution in [0.5, 0.6) is 11.6 Å². The third-order valence-electron chi connectivity index (χ3n) is 7.04. The Bertz CT molecular complexity index is 1630. The minimum Gasteiger partial charge on any atom is -0.436 e. The molecule has 210 valence electrons. The molecule has 0 saturated heterocycles. The van der Waals surface area contributed by atoms with E-state index < -0.39 is 27.6 Å². The number of fused-ring (bicyclic) bond motifs is 1. The number of hydrogen-bond acceptors (Lipinski definition) is 8. The van der Waals surface area contributed by atoms with Gasteiger partial charge in [-0.2, -0.15) is 5.10 Å². The van der Waals surface area contributed by atoms with Crippen LogP contribution in [-0.2, 0) is 15.6 Å². The molecule has 2 aromatic heterocycles. The molecule has 0 unspecified atom stereocenters. The largest absolute Gasteiger partial charge is 0.436 e. The second-order valence-corrected chi connectivity index (χ2v) is 12.3. The summed E-state index contributed by atoms with van der Waals surface area (Å²) in [5.74, 6) is -0.0320. The van der Waals surface area contributed by atoms with E-state index in [1.165, 1.54) is 12.3 Å². The lowest BCUT2D eigenvalue weighted by atomic mass is 9.94. The molecule has 4 aromatic rings. The van der Waals surface area contributed by atoms with E-state index in [-0.39, 0.29) is 23.2 Å². The number of rotatable bonds is 9. The molecule has 0 radical (unpaired) electrons. The average molecular weight is 568 g/mol. The molecule has 11 heteroatoms. The molecule has 2 aromatic carbocycles. The fourth-order valence-electron chi connectivity index (χ4n) is 5.12. The zero-order chi connectivity index (χ0) is 28.3. The normalized spacial score (nSPS) is 17.6. The van der Waals surface area contributed by atoms with E-state index in [9.17, 15) is 17.2 Å². The summed E-state index contributed by atoms with van der Waals surface area (Å²) in [6.45, 7) is 3.62. The maximum atomic E-state index is 14.9. The monoisotopic (exact) mass is 567 g/mol. The smallest absolute Gasteiger partial charge is 0.248 e. The van der Waals surface area contributed by atoms with E-state index in [1.807, 2.05) is 6.92 Å². The molecule has 8 nitrogen and oxygen atoms in total. The van der Waals surface area contributed by atoms with Gasteiger partial charge in [-0.15, -0.1) is 5.10 Å². The lowest BCUT2D eigenvalue weighted by Gasteiger charge is -2.25. The molecule has 2 atom stereocenters. The highest BCUT2D eigenvalue weighted by atomic mass is 32.2. The molecule has 0 amide bonds. The van der Waals surface area contributed by atoms with Gasteiger partial charge in [0.25, 0.3) is 0 Å². The Hall–Kier alpha value is -3.73. The first-order valence-corrected chi connectivity index (χ1v) is 15.2. The quantitative estimate of drug-likeness (QED) is 0.250. The number of halogens is 2. The Morgan fingerprint density at radius 1 is 1.07 bits per heavy atom. The molecule has 2 heterocycles. The third-order valence-corrected chi connectivity index (χ3v) is 8.80. The standard InChI is InChI=1S/C29H31F2N5O3S/c1-3-15-40(37,38)17-24-21-8-7-18(2)27(22(21)9-10-25(24)31)39-28-23(11-14-33-36-28)26-12-13-32-29(35-26)34-20-6-4-5-19(30)16-20/h7-14,19-20H,3-6,15-17H2,1-2H3,(H,32,34,35)/t19-,20-/m1/s1. The Kier molecular flexibility index (Phi) is 8.20. The van der Waals surface area contributed by atoms with Crippen LogP contribution in [0.15, 0.2) is 48.8 Å². The van der Waals surface area contributed by atoms with Crippen LogP contribution >= 0.6 is 0 Å². The number of ether oxygens (including phenoxy) is 1.